The molecule has 0 aliphatic heterocycles. The predicted molar refractivity (Wildman–Crippen MR) is 117 cm³/mol. The monoisotopic (exact) mass is 387 g/mol. The van der Waals surface area contributed by atoms with Gasteiger partial charge in [0.05, 0.1) is 5.92 Å². The van der Waals surface area contributed by atoms with E-state index in [0.29, 0.717) is 6.54 Å². The molecule has 0 heterocycles. The Morgan fingerprint density at radius 2 is 1.62 bits per heavy atom. The normalized spacial score (nSPS) is 13.2. The number of amides is 1. The van der Waals surface area contributed by atoms with Crippen LogP contribution in [-0.2, 0) is 11.3 Å². The van der Waals surface area contributed by atoms with Gasteiger partial charge >= 0.3 is 0 Å². The summed E-state index contributed by atoms with van der Waals surface area (Å²) in [5, 5.41) is 3.08. The zero-order chi connectivity index (χ0) is 20.6. The number of nitrogens with one attached hydrogen (secondary N) is 1. The number of carbonyl (C=O) groups is 1. The Balaban J connectivity index is 1.78. The Hall–Kier alpha value is -3.20. The van der Waals surface area contributed by atoms with E-state index in [-0.39, 0.29) is 23.6 Å². The van der Waals surface area contributed by atoms with Crippen molar-refractivity contribution in [3.05, 3.63) is 113 Å². The lowest BCUT2D eigenvalue weighted by Gasteiger charge is -2.22. The fourth-order valence-electron chi connectivity index (χ4n) is 3.31. The topological polar surface area (TPSA) is 29.1 Å². The van der Waals surface area contributed by atoms with Crippen molar-refractivity contribution in [3.63, 3.8) is 0 Å². The lowest BCUT2D eigenvalue weighted by atomic mass is 9.85. The number of halogens is 1. The second-order valence-corrected chi connectivity index (χ2v) is 7.36. The Labute approximate surface area is 172 Å². The van der Waals surface area contributed by atoms with Gasteiger partial charge in [-0.1, -0.05) is 91.4 Å². The zero-order valence-corrected chi connectivity index (χ0v) is 16.8. The van der Waals surface area contributed by atoms with Gasteiger partial charge in [0.2, 0.25) is 5.91 Å². The average Bonchev–Trinajstić information content (AvgIpc) is 2.74. The summed E-state index contributed by atoms with van der Waals surface area (Å²) in [5.41, 5.74) is 4.12. The summed E-state index contributed by atoms with van der Waals surface area (Å²) >= 11 is 0. The van der Waals surface area contributed by atoms with Crippen molar-refractivity contribution in [2.24, 2.45) is 5.92 Å². The van der Waals surface area contributed by atoms with E-state index in [0.717, 1.165) is 22.3 Å². The third-order valence-corrected chi connectivity index (χ3v) is 5.02. The Kier molecular flexibility index (Phi) is 6.96. The smallest absolute Gasteiger partial charge is 0.228 e. The first-order chi connectivity index (χ1) is 14.0. The van der Waals surface area contributed by atoms with Crippen molar-refractivity contribution in [3.8, 4) is 0 Å². The van der Waals surface area contributed by atoms with Crippen molar-refractivity contribution in [2.75, 3.05) is 0 Å². The zero-order valence-electron chi connectivity index (χ0n) is 16.8. The molecule has 3 aromatic carbocycles. The van der Waals surface area contributed by atoms with Crippen LogP contribution in [0, 0.1) is 18.7 Å². The number of rotatable bonds is 7. The van der Waals surface area contributed by atoms with E-state index in [1.807, 2.05) is 80.6 Å². The van der Waals surface area contributed by atoms with Gasteiger partial charge in [0.1, 0.15) is 5.82 Å². The van der Waals surface area contributed by atoms with E-state index < -0.39 is 0 Å². The molecule has 0 fully saturated rings. The molecule has 3 rings (SSSR count). The van der Waals surface area contributed by atoms with Crippen LogP contribution in [-0.4, -0.2) is 5.91 Å². The Bertz CT molecular complexity index is 946. The molecule has 0 radical (unpaired) electrons. The Morgan fingerprint density at radius 1 is 0.966 bits per heavy atom. The highest BCUT2D eigenvalue weighted by Crippen LogP contribution is 2.27. The van der Waals surface area contributed by atoms with Crippen molar-refractivity contribution in [1.29, 1.82) is 0 Å². The maximum Gasteiger partial charge on any atom is 0.228 e. The van der Waals surface area contributed by atoms with Crippen LogP contribution in [0.3, 0.4) is 0 Å². The molecule has 0 aliphatic carbocycles. The molecule has 0 saturated carbocycles. The SMILES string of the molecule is Cc1ccc([C@@H](C(=O)NCc2ccccc2)[C@H](C)/C=C/c2ccc(F)cc2)cc1. The van der Waals surface area contributed by atoms with Gasteiger partial charge in [0.25, 0.3) is 0 Å². The van der Waals surface area contributed by atoms with Gasteiger partial charge in [0, 0.05) is 6.54 Å². The van der Waals surface area contributed by atoms with Crippen LogP contribution in [0.1, 0.15) is 35.1 Å². The molecule has 29 heavy (non-hydrogen) atoms. The third kappa shape index (κ3) is 5.89. The number of carbonyl (C=O) groups excluding carboxylic acids is 1. The van der Waals surface area contributed by atoms with E-state index in [1.54, 1.807) is 12.1 Å². The van der Waals surface area contributed by atoms with Crippen molar-refractivity contribution in [1.82, 2.24) is 5.32 Å². The highest BCUT2D eigenvalue weighted by atomic mass is 19.1. The molecule has 3 aromatic rings. The van der Waals surface area contributed by atoms with Crippen molar-refractivity contribution < 1.29 is 9.18 Å². The van der Waals surface area contributed by atoms with Gasteiger partial charge in [-0.15, -0.1) is 0 Å². The summed E-state index contributed by atoms with van der Waals surface area (Å²) in [5.74, 6) is -0.600. The first-order valence-corrected chi connectivity index (χ1v) is 9.85. The quantitative estimate of drug-likeness (QED) is 0.539. The van der Waals surface area contributed by atoms with E-state index in [2.05, 4.69) is 5.32 Å². The Morgan fingerprint density at radius 3 is 2.28 bits per heavy atom. The molecule has 0 aliphatic rings. The lowest BCUT2D eigenvalue weighted by Crippen LogP contribution is -2.32. The first-order valence-electron chi connectivity index (χ1n) is 9.85. The summed E-state index contributed by atoms with van der Waals surface area (Å²) in [7, 11) is 0. The van der Waals surface area contributed by atoms with Crippen LogP contribution in [0.2, 0.25) is 0 Å². The second-order valence-electron chi connectivity index (χ2n) is 7.36. The van der Waals surface area contributed by atoms with Gasteiger partial charge in [-0.3, -0.25) is 4.79 Å². The number of benzene rings is 3. The number of allylic oxidation sites excluding steroid dienone is 1. The van der Waals surface area contributed by atoms with Crippen LogP contribution in [0.25, 0.3) is 6.08 Å². The molecule has 2 nitrogen and oxygen atoms in total. The van der Waals surface area contributed by atoms with Crippen LogP contribution in [0.5, 0.6) is 0 Å². The van der Waals surface area contributed by atoms with Crippen molar-refractivity contribution >= 4 is 12.0 Å². The number of hydrogen-bond donors (Lipinski definition) is 1. The number of aryl methyl sites for hydroxylation is 1. The van der Waals surface area contributed by atoms with E-state index in [1.165, 1.54) is 12.1 Å². The van der Waals surface area contributed by atoms with E-state index in [4.69, 9.17) is 0 Å². The number of hydrogen-bond acceptors (Lipinski definition) is 1. The van der Waals surface area contributed by atoms with Crippen molar-refractivity contribution in [2.45, 2.75) is 26.3 Å². The molecule has 0 saturated heterocycles. The molecular weight excluding hydrogens is 361 g/mol. The van der Waals surface area contributed by atoms with Crippen LogP contribution in [0.15, 0.2) is 84.9 Å². The molecule has 0 unspecified atom stereocenters. The van der Waals surface area contributed by atoms with Gasteiger partial charge in [0.15, 0.2) is 0 Å². The van der Waals surface area contributed by atoms with Gasteiger partial charge in [-0.25, -0.2) is 4.39 Å². The molecule has 2 atom stereocenters. The molecule has 3 heteroatoms. The average molecular weight is 387 g/mol. The minimum absolute atomic E-state index is 0.00559. The maximum atomic E-state index is 13.1. The van der Waals surface area contributed by atoms with Gasteiger partial charge in [-0.2, -0.15) is 0 Å². The fraction of sp³-hybridized carbons (Fsp3) is 0.192. The summed E-state index contributed by atoms with van der Waals surface area (Å²) in [6.45, 7) is 4.56. The molecule has 0 bridgehead atoms. The minimum Gasteiger partial charge on any atom is -0.351 e. The summed E-state index contributed by atoms with van der Waals surface area (Å²) in [4.78, 5) is 13.1. The molecule has 1 N–H and O–H groups in total. The summed E-state index contributed by atoms with van der Waals surface area (Å²) < 4.78 is 13.1. The standard InChI is InChI=1S/C26H26FNO/c1-19-8-14-23(15-9-19)25(26(29)28-18-22-6-4-3-5-7-22)20(2)10-11-21-12-16-24(27)17-13-21/h3-17,20,25H,18H2,1-2H3,(H,28,29)/b11-10+/t20-,25+/m1/s1. The third-order valence-electron chi connectivity index (χ3n) is 5.02. The van der Waals surface area contributed by atoms with Gasteiger partial charge < -0.3 is 5.32 Å². The summed E-state index contributed by atoms with van der Waals surface area (Å²) in [6, 6.07) is 24.3. The lowest BCUT2D eigenvalue weighted by molar-refractivity contribution is -0.123. The highest BCUT2D eigenvalue weighted by Gasteiger charge is 2.25. The van der Waals surface area contributed by atoms with E-state index in [9.17, 15) is 9.18 Å². The molecular formula is C26H26FNO. The first kappa shape index (κ1) is 20.5. The maximum absolute atomic E-state index is 13.1. The van der Waals surface area contributed by atoms with Crippen LogP contribution >= 0.6 is 0 Å². The van der Waals surface area contributed by atoms with Crippen LogP contribution in [0.4, 0.5) is 4.39 Å². The molecule has 148 valence electrons. The van der Waals surface area contributed by atoms with E-state index >= 15 is 0 Å². The molecule has 1 amide bonds. The second kappa shape index (κ2) is 9.83. The molecule has 0 spiro atoms. The fourth-order valence-corrected chi connectivity index (χ4v) is 3.31. The molecule has 0 aromatic heterocycles. The predicted octanol–water partition coefficient (Wildman–Crippen LogP) is 5.88. The summed E-state index contributed by atoms with van der Waals surface area (Å²) in [6.07, 6.45) is 3.95. The van der Waals surface area contributed by atoms with Gasteiger partial charge in [-0.05, 0) is 41.7 Å². The van der Waals surface area contributed by atoms with Crippen LogP contribution < -0.4 is 5.32 Å². The minimum atomic E-state index is -0.309. The highest BCUT2D eigenvalue weighted by molar-refractivity contribution is 5.84. The largest absolute Gasteiger partial charge is 0.351 e.